The van der Waals surface area contributed by atoms with Crippen molar-refractivity contribution in [3.8, 4) is 23.0 Å². The summed E-state index contributed by atoms with van der Waals surface area (Å²) in [5.74, 6) is 0.239. The van der Waals surface area contributed by atoms with Gasteiger partial charge < -0.3 is 19.3 Å². The molecule has 0 aliphatic carbocycles. The molecule has 0 heterocycles. The van der Waals surface area contributed by atoms with Crippen molar-refractivity contribution in [2.75, 3.05) is 31.7 Å². The molecule has 0 radical (unpaired) electrons. The van der Waals surface area contributed by atoms with Crippen LogP contribution in [0.4, 0.5) is 5.69 Å². The summed E-state index contributed by atoms with van der Waals surface area (Å²) in [6.45, 7) is 3.42. The van der Waals surface area contributed by atoms with Crippen molar-refractivity contribution < 1.29 is 32.5 Å². The molecule has 1 amide bonds. The number of ether oxygens (including phenoxy) is 3. The van der Waals surface area contributed by atoms with Crippen LogP contribution in [0.3, 0.4) is 0 Å². The summed E-state index contributed by atoms with van der Waals surface area (Å²) >= 11 is 0. The number of carbonyl (C=O) groups is 1. The van der Waals surface area contributed by atoms with Crippen LogP contribution in [0, 0.1) is 6.92 Å². The Kier molecular flexibility index (Phi) is 8.96. The summed E-state index contributed by atoms with van der Waals surface area (Å²) in [6.07, 6.45) is 1.35. The first-order chi connectivity index (χ1) is 17.7. The zero-order valence-corrected chi connectivity index (χ0v) is 21.8. The molecule has 37 heavy (non-hydrogen) atoms. The lowest BCUT2D eigenvalue weighted by Gasteiger charge is -2.25. The van der Waals surface area contributed by atoms with E-state index in [0.717, 1.165) is 9.87 Å². The molecule has 0 bridgehead atoms. The summed E-state index contributed by atoms with van der Waals surface area (Å²) < 4.78 is 44.1. The van der Waals surface area contributed by atoms with Crippen molar-refractivity contribution >= 4 is 27.8 Å². The van der Waals surface area contributed by atoms with E-state index in [2.05, 4.69) is 10.5 Å². The van der Waals surface area contributed by atoms with Gasteiger partial charge in [-0.15, -0.1) is 0 Å². The lowest BCUT2D eigenvalue weighted by atomic mass is 10.2. The molecule has 3 aromatic carbocycles. The van der Waals surface area contributed by atoms with Crippen LogP contribution in [0.15, 0.2) is 70.7 Å². The number of phenols is 1. The SMILES string of the molecule is CCOc1cc(/C=N\NC(=O)CN(c2ccc(OC)cc2OC)S(=O)(=O)c2ccc(C)cc2)ccc1O. The topological polar surface area (TPSA) is 127 Å². The zero-order chi connectivity index (χ0) is 27.0. The molecule has 2 N–H and O–H groups in total. The van der Waals surface area contributed by atoms with Gasteiger partial charge in [0, 0.05) is 6.07 Å². The third-order valence-electron chi connectivity index (χ3n) is 5.24. The first kappa shape index (κ1) is 27.3. The Balaban J connectivity index is 1.90. The first-order valence-corrected chi connectivity index (χ1v) is 12.7. The third-order valence-corrected chi connectivity index (χ3v) is 7.01. The number of hydrazone groups is 1. The van der Waals surface area contributed by atoms with Crippen molar-refractivity contribution in [3.63, 3.8) is 0 Å². The van der Waals surface area contributed by atoms with Crippen LogP contribution in [0.25, 0.3) is 0 Å². The highest BCUT2D eigenvalue weighted by Gasteiger charge is 2.29. The number of aryl methyl sites for hydroxylation is 1. The normalized spacial score (nSPS) is 11.2. The minimum atomic E-state index is -4.16. The molecule has 0 aliphatic rings. The molecule has 0 fully saturated rings. The van der Waals surface area contributed by atoms with Crippen LogP contribution >= 0.6 is 0 Å². The molecule has 3 rings (SSSR count). The molecule has 3 aromatic rings. The van der Waals surface area contributed by atoms with E-state index in [4.69, 9.17) is 14.2 Å². The predicted molar refractivity (Wildman–Crippen MR) is 140 cm³/mol. The summed E-state index contributed by atoms with van der Waals surface area (Å²) in [5.41, 5.74) is 3.95. The van der Waals surface area contributed by atoms with Crippen molar-refractivity contribution in [2.45, 2.75) is 18.7 Å². The molecule has 0 aliphatic heterocycles. The Bertz CT molecular complexity index is 1370. The molecule has 0 unspecified atom stereocenters. The molecular formula is C26H29N3O7S. The molecule has 196 valence electrons. The second-order valence-electron chi connectivity index (χ2n) is 7.82. The number of rotatable bonds is 11. The second kappa shape index (κ2) is 12.1. The molecule has 0 saturated carbocycles. The van der Waals surface area contributed by atoms with E-state index in [9.17, 15) is 18.3 Å². The summed E-state index contributed by atoms with van der Waals surface area (Å²) in [5, 5.41) is 13.7. The number of anilines is 1. The standard InChI is InChI=1S/C26H29N3O7S/c1-5-36-25-14-19(8-13-23(25)30)16-27-28-26(31)17-29(22-12-9-20(34-3)15-24(22)35-4)37(32,33)21-10-6-18(2)7-11-21/h6-16,30H,5,17H2,1-4H3,(H,28,31)/b27-16-. The minimum Gasteiger partial charge on any atom is -0.504 e. The van der Waals surface area contributed by atoms with Gasteiger partial charge in [0.15, 0.2) is 11.5 Å². The molecule has 10 nitrogen and oxygen atoms in total. The molecule has 0 spiro atoms. The van der Waals surface area contributed by atoms with Crippen molar-refractivity contribution in [1.82, 2.24) is 5.43 Å². The second-order valence-corrected chi connectivity index (χ2v) is 9.68. The van der Waals surface area contributed by atoms with Crippen molar-refractivity contribution in [1.29, 1.82) is 0 Å². The van der Waals surface area contributed by atoms with Gasteiger partial charge in [-0.25, -0.2) is 13.8 Å². The largest absolute Gasteiger partial charge is 0.504 e. The number of amides is 1. The zero-order valence-electron chi connectivity index (χ0n) is 21.0. The first-order valence-electron chi connectivity index (χ1n) is 11.3. The summed E-state index contributed by atoms with van der Waals surface area (Å²) in [6, 6.07) is 15.5. The Morgan fingerprint density at radius 3 is 2.41 bits per heavy atom. The van der Waals surface area contributed by atoms with Gasteiger partial charge in [-0.05, 0) is 61.9 Å². The molecular weight excluding hydrogens is 498 g/mol. The fourth-order valence-corrected chi connectivity index (χ4v) is 4.79. The van der Waals surface area contributed by atoms with Gasteiger partial charge in [0.2, 0.25) is 0 Å². The maximum Gasteiger partial charge on any atom is 0.264 e. The summed E-state index contributed by atoms with van der Waals surface area (Å²) in [4.78, 5) is 12.8. The number of methoxy groups -OCH3 is 2. The number of hydrogen-bond acceptors (Lipinski definition) is 8. The van der Waals surface area contributed by atoms with Gasteiger partial charge in [0.1, 0.15) is 18.0 Å². The van der Waals surface area contributed by atoms with E-state index < -0.39 is 22.5 Å². The quantitative estimate of drug-likeness (QED) is 0.289. The molecule has 11 heteroatoms. The van der Waals surface area contributed by atoms with Gasteiger partial charge in [0.25, 0.3) is 15.9 Å². The van der Waals surface area contributed by atoms with E-state index in [1.807, 2.05) is 6.92 Å². The Hall–Kier alpha value is -4.25. The van der Waals surface area contributed by atoms with Crippen LogP contribution in [-0.4, -0.2) is 53.0 Å². The van der Waals surface area contributed by atoms with Crippen LogP contribution in [0.1, 0.15) is 18.1 Å². The third kappa shape index (κ3) is 6.70. The number of phenolic OH excluding ortho intramolecular Hbond substituents is 1. The molecule has 0 aromatic heterocycles. The maximum absolute atomic E-state index is 13.6. The number of hydrogen-bond donors (Lipinski definition) is 2. The summed E-state index contributed by atoms with van der Waals surface area (Å²) in [7, 11) is -1.28. The Morgan fingerprint density at radius 1 is 1.03 bits per heavy atom. The van der Waals surface area contributed by atoms with E-state index in [-0.39, 0.29) is 27.8 Å². The predicted octanol–water partition coefficient (Wildman–Crippen LogP) is 3.46. The van der Waals surface area contributed by atoms with Gasteiger partial charge in [-0.3, -0.25) is 9.10 Å². The highest BCUT2D eigenvalue weighted by Crippen LogP contribution is 2.35. The van der Waals surface area contributed by atoms with E-state index >= 15 is 0 Å². The van der Waals surface area contributed by atoms with E-state index in [1.54, 1.807) is 37.3 Å². The highest BCUT2D eigenvalue weighted by molar-refractivity contribution is 7.92. The van der Waals surface area contributed by atoms with E-state index in [0.29, 0.717) is 17.9 Å². The number of aromatic hydroxyl groups is 1. The van der Waals surface area contributed by atoms with Crippen LogP contribution in [0.2, 0.25) is 0 Å². The van der Waals surface area contributed by atoms with Crippen LogP contribution in [-0.2, 0) is 14.8 Å². The van der Waals surface area contributed by atoms with Crippen molar-refractivity contribution in [3.05, 3.63) is 71.8 Å². The van der Waals surface area contributed by atoms with Gasteiger partial charge in [-0.2, -0.15) is 5.10 Å². The highest BCUT2D eigenvalue weighted by atomic mass is 32.2. The van der Waals surface area contributed by atoms with Crippen LogP contribution < -0.4 is 23.9 Å². The Labute approximate surface area is 216 Å². The lowest BCUT2D eigenvalue weighted by molar-refractivity contribution is -0.119. The fraction of sp³-hybridized carbons (Fsp3) is 0.231. The van der Waals surface area contributed by atoms with Gasteiger partial charge >= 0.3 is 0 Å². The van der Waals surface area contributed by atoms with Crippen molar-refractivity contribution in [2.24, 2.45) is 5.10 Å². The van der Waals surface area contributed by atoms with E-state index in [1.165, 1.54) is 50.8 Å². The number of sulfonamides is 1. The lowest BCUT2D eigenvalue weighted by Crippen LogP contribution is -2.39. The number of carbonyl (C=O) groups excluding carboxylic acids is 1. The monoisotopic (exact) mass is 527 g/mol. The van der Waals surface area contributed by atoms with Gasteiger partial charge in [0.05, 0.1) is 37.6 Å². The molecule has 0 saturated heterocycles. The maximum atomic E-state index is 13.6. The Morgan fingerprint density at radius 2 is 1.76 bits per heavy atom. The number of benzene rings is 3. The number of nitrogens with one attached hydrogen (secondary N) is 1. The smallest absolute Gasteiger partial charge is 0.264 e. The molecule has 0 atom stereocenters. The van der Waals surface area contributed by atoms with Gasteiger partial charge in [-0.1, -0.05) is 17.7 Å². The number of nitrogens with zero attached hydrogens (tertiary/aromatic N) is 2. The average molecular weight is 528 g/mol. The fourth-order valence-electron chi connectivity index (χ4n) is 3.35. The minimum absolute atomic E-state index is 0.0137. The average Bonchev–Trinajstić information content (AvgIpc) is 2.89. The van der Waals surface area contributed by atoms with Crippen LogP contribution in [0.5, 0.6) is 23.0 Å².